The van der Waals surface area contributed by atoms with Crippen LogP contribution in [-0.2, 0) is 9.47 Å². The Hall–Kier alpha value is -2.24. The molecule has 2 heterocycles. The van der Waals surface area contributed by atoms with Crippen molar-refractivity contribution in [2.75, 3.05) is 38.3 Å². The lowest BCUT2D eigenvalue weighted by Crippen LogP contribution is -2.56. The standard InChI is InChI=1S/C24H35FN2O4Si/c1-24(2,3)31-23(28)26-9-10-27-19(15-26)14-20(16-29-4)30-22-17(8-11-32(5,6)7)12-18(25)13-21(22)27/h12-13,19-20H,9-10,14-16H2,1-7H3. The minimum Gasteiger partial charge on any atom is -0.484 e. The number of methoxy groups -OCH3 is 1. The minimum atomic E-state index is -1.66. The summed E-state index contributed by atoms with van der Waals surface area (Å²) in [7, 11) is -0.0226. The first-order valence-electron chi connectivity index (χ1n) is 11.1. The number of carbonyl (C=O) groups is 1. The van der Waals surface area contributed by atoms with Gasteiger partial charge in [0.2, 0.25) is 0 Å². The summed E-state index contributed by atoms with van der Waals surface area (Å²) in [5, 5.41) is 0. The lowest BCUT2D eigenvalue weighted by atomic mass is 10.0. The minimum absolute atomic E-state index is 0.0442. The van der Waals surface area contributed by atoms with Crippen LogP contribution in [0.15, 0.2) is 12.1 Å². The predicted molar refractivity (Wildman–Crippen MR) is 126 cm³/mol. The molecule has 32 heavy (non-hydrogen) atoms. The first-order valence-corrected chi connectivity index (χ1v) is 14.6. The zero-order chi connectivity index (χ0) is 23.7. The Bertz CT molecular complexity index is 914. The van der Waals surface area contributed by atoms with Crippen LogP contribution in [0.2, 0.25) is 19.6 Å². The predicted octanol–water partition coefficient (Wildman–Crippen LogP) is 4.28. The molecule has 1 fully saturated rings. The summed E-state index contributed by atoms with van der Waals surface area (Å²) in [6, 6.07) is 2.92. The Morgan fingerprint density at radius 1 is 1.28 bits per heavy atom. The van der Waals surface area contributed by atoms with Gasteiger partial charge in [-0.2, -0.15) is 0 Å². The lowest BCUT2D eigenvalue weighted by molar-refractivity contribution is 0.0190. The van der Waals surface area contributed by atoms with Crippen molar-refractivity contribution in [1.82, 2.24) is 4.90 Å². The number of amides is 1. The molecule has 1 aromatic carbocycles. The molecule has 6 nitrogen and oxygen atoms in total. The molecule has 0 radical (unpaired) electrons. The topological polar surface area (TPSA) is 51.2 Å². The van der Waals surface area contributed by atoms with Crippen molar-refractivity contribution in [3.05, 3.63) is 23.5 Å². The van der Waals surface area contributed by atoms with Gasteiger partial charge in [0.15, 0.2) is 5.75 Å². The van der Waals surface area contributed by atoms with Gasteiger partial charge in [0.25, 0.3) is 0 Å². The van der Waals surface area contributed by atoms with Gasteiger partial charge in [0, 0.05) is 39.2 Å². The van der Waals surface area contributed by atoms with Gasteiger partial charge in [-0.3, -0.25) is 0 Å². The van der Waals surface area contributed by atoms with Crippen LogP contribution in [-0.4, -0.2) is 70.2 Å². The van der Waals surface area contributed by atoms with Crippen molar-refractivity contribution in [1.29, 1.82) is 0 Å². The second-order valence-corrected chi connectivity index (χ2v) is 15.3. The molecular weight excluding hydrogens is 427 g/mol. The highest BCUT2D eigenvalue weighted by atomic mass is 28.3. The summed E-state index contributed by atoms with van der Waals surface area (Å²) in [6.07, 6.45) is 0.0848. The van der Waals surface area contributed by atoms with Gasteiger partial charge in [-0.05, 0) is 26.8 Å². The molecule has 2 unspecified atom stereocenters. The molecule has 2 aliphatic rings. The van der Waals surface area contributed by atoms with Crippen molar-refractivity contribution in [3.8, 4) is 17.2 Å². The number of hydrogen-bond donors (Lipinski definition) is 0. The summed E-state index contributed by atoms with van der Waals surface area (Å²) < 4.78 is 32.0. The smallest absolute Gasteiger partial charge is 0.410 e. The number of halogens is 1. The SMILES string of the molecule is COCC1CC2CN(C(=O)OC(C)(C)C)CCN2c2cc(F)cc(C#C[Si](C)(C)C)c2O1. The Labute approximate surface area is 192 Å². The fourth-order valence-corrected chi connectivity index (χ4v) is 4.45. The highest BCUT2D eigenvalue weighted by Crippen LogP contribution is 2.40. The van der Waals surface area contributed by atoms with Crippen LogP contribution in [0.4, 0.5) is 14.9 Å². The summed E-state index contributed by atoms with van der Waals surface area (Å²) >= 11 is 0. The van der Waals surface area contributed by atoms with Gasteiger partial charge in [0.1, 0.15) is 25.6 Å². The largest absolute Gasteiger partial charge is 0.484 e. The molecule has 1 amide bonds. The summed E-state index contributed by atoms with van der Waals surface area (Å²) in [5.74, 6) is 3.45. The third kappa shape index (κ3) is 6.17. The molecule has 176 valence electrons. The Morgan fingerprint density at radius 2 is 2.00 bits per heavy atom. The zero-order valence-corrected chi connectivity index (χ0v) is 21.3. The van der Waals surface area contributed by atoms with Crippen LogP contribution in [0.1, 0.15) is 32.8 Å². The number of ether oxygens (including phenoxy) is 3. The third-order valence-electron chi connectivity index (χ3n) is 5.22. The van der Waals surface area contributed by atoms with Gasteiger partial charge < -0.3 is 24.0 Å². The second kappa shape index (κ2) is 9.32. The average Bonchev–Trinajstić information content (AvgIpc) is 2.80. The number of piperazine rings is 1. The van der Waals surface area contributed by atoms with Crippen LogP contribution >= 0.6 is 0 Å². The molecule has 0 bridgehead atoms. The van der Waals surface area contributed by atoms with E-state index in [1.165, 1.54) is 12.1 Å². The number of anilines is 1. The van der Waals surface area contributed by atoms with Crippen molar-refractivity contribution in [2.24, 2.45) is 0 Å². The van der Waals surface area contributed by atoms with Gasteiger partial charge in [-0.1, -0.05) is 25.6 Å². The van der Waals surface area contributed by atoms with Gasteiger partial charge >= 0.3 is 6.09 Å². The fraction of sp³-hybridized carbons (Fsp3) is 0.625. The van der Waals surface area contributed by atoms with Gasteiger partial charge in [-0.25, -0.2) is 9.18 Å². The molecule has 2 atom stereocenters. The normalized spacial score (nSPS) is 20.9. The molecule has 1 aromatic rings. The van der Waals surface area contributed by atoms with E-state index in [0.29, 0.717) is 49.7 Å². The lowest BCUT2D eigenvalue weighted by Gasteiger charge is -2.42. The van der Waals surface area contributed by atoms with Crippen molar-refractivity contribution in [2.45, 2.75) is 64.6 Å². The molecule has 2 aliphatic heterocycles. The van der Waals surface area contributed by atoms with Gasteiger partial charge in [-0.15, -0.1) is 5.54 Å². The maximum atomic E-state index is 14.7. The number of nitrogens with zero attached hydrogens (tertiary/aromatic N) is 2. The second-order valence-electron chi connectivity index (χ2n) is 10.5. The van der Waals surface area contributed by atoms with Crippen LogP contribution < -0.4 is 9.64 Å². The van der Waals surface area contributed by atoms with E-state index in [2.05, 4.69) is 36.0 Å². The van der Waals surface area contributed by atoms with E-state index in [4.69, 9.17) is 14.2 Å². The average molecular weight is 463 g/mol. The van der Waals surface area contributed by atoms with Crippen LogP contribution in [0.25, 0.3) is 0 Å². The molecule has 0 N–H and O–H groups in total. The monoisotopic (exact) mass is 462 g/mol. The number of carbonyl (C=O) groups excluding carboxylic acids is 1. The van der Waals surface area contributed by atoms with E-state index in [-0.39, 0.29) is 24.1 Å². The maximum absolute atomic E-state index is 14.7. The third-order valence-corrected chi connectivity index (χ3v) is 6.10. The number of fused-ring (bicyclic) bond motifs is 3. The highest BCUT2D eigenvalue weighted by molar-refractivity contribution is 6.83. The number of rotatable bonds is 2. The molecular formula is C24H35FN2O4Si. The molecule has 8 heteroatoms. The van der Waals surface area contributed by atoms with Gasteiger partial charge in [0.05, 0.1) is 23.9 Å². The van der Waals surface area contributed by atoms with Crippen molar-refractivity contribution >= 4 is 19.9 Å². The Morgan fingerprint density at radius 3 is 2.62 bits per heavy atom. The zero-order valence-electron chi connectivity index (χ0n) is 20.3. The molecule has 0 aliphatic carbocycles. The first-order chi connectivity index (χ1) is 14.9. The Kier molecular flexibility index (Phi) is 7.11. The van der Waals surface area contributed by atoms with Crippen LogP contribution in [0.3, 0.4) is 0 Å². The van der Waals surface area contributed by atoms with Crippen molar-refractivity contribution < 1.29 is 23.4 Å². The van der Waals surface area contributed by atoms with E-state index < -0.39 is 13.7 Å². The molecule has 0 spiro atoms. The molecule has 3 rings (SSSR count). The summed E-state index contributed by atoms with van der Waals surface area (Å²) in [5.41, 5.74) is 4.03. The Balaban J connectivity index is 1.97. The van der Waals surface area contributed by atoms with Crippen LogP contribution in [0.5, 0.6) is 5.75 Å². The summed E-state index contributed by atoms with van der Waals surface area (Å²) in [4.78, 5) is 16.5. The first kappa shape index (κ1) is 24.4. The highest BCUT2D eigenvalue weighted by Gasteiger charge is 2.38. The quantitative estimate of drug-likeness (QED) is 0.485. The van der Waals surface area contributed by atoms with E-state index in [0.717, 1.165) is 0 Å². The van der Waals surface area contributed by atoms with E-state index in [1.807, 2.05) is 20.8 Å². The molecule has 0 saturated carbocycles. The maximum Gasteiger partial charge on any atom is 0.410 e. The van der Waals surface area contributed by atoms with E-state index in [9.17, 15) is 9.18 Å². The molecule has 0 aromatic heterocycles. The van der Waals surface area contributed by atoms with E-state index >= 15 is 0 Å². The number of benzene rings is 1. The molecule has 1 saturated heterocycles. The van der Waals surface area contributed by atoms with Crippen molar-refractivity contribution in [3.63, 3.8) is 0 Å². The van der Waals surface area contributed by atoms with Crippen LogP contribution in [0, 0.1) is 17.3 Å². The fourth-order valence-electron chi connectivity index (χ4n) is 3.94. The van der Waals surface area contributed by atoms with E-state index in [1.54, 1.807) is 12.0 Å². The number of hydrogen-bond acceptors (Lipinski definition) is 5. The summed E-state index contributed by atoms with van der Waals surface area (Å²) in [6.45, 7) is 14.0.